The summed E-state index contributed by atoms with van der Waals surface area (Å²) in [6.45, 7) is 10.6. The molecule has 0 saturated carbocycles. The fourth-order valence-corrected chi connectivity index (χ4v) is 1.48. The molecule has 2 unspecified atom stereocenters. The Hall–Kier alpha value is -0.770. The molecule has 0 aliphatic heterocycles. The average molecular weight is 193 g/mol. The van der Waals surface area contributed by atoms with Crippen LogP contribution in [0.3, 0.4) is 0 Å². The first-order valence-corrected chi connectivity index (χ1v) is 5.51. The zero-order valence-corrected chi connectivity index (χ0v) is 10.2. The quantitative estimate of drug-likeness (QED) is 0.597. The van der Waals surface area contributed by atoms with Crippen molar-refractivity contribution in [1.29, 1.82) is 5.26 Å². The Labute approximate surface area is 88.8 Å². The lowest BCUT2D eigenvalue weighted by molar-refractivity contribution is 0.263. The van der Waals surface area contributed by atoms with Gasteiger partial charge in [-0.25, -0.2) is 0 Å². The summed E-state index contributed by atoms with van der Waals surface area (Å²) in [5.41, 5.74) is 1.22. The van der Waals surface area contributed by atoms with Gasteiger partial charge in [0, 0.05) is 0 Å². The van der Waals surface area contributed by atoms with Crippen LogP contribution in [0, 0.1) is 22.7 Å². The van der Waals surface area contributed by atoms with Crippen molar-refractivity contribution in [2.75, 3.05) is 0 Å². The first-order chi connectivity index (χ1) is 6.46. The lowest BCUT2D eigenvalue weighted by atomic mass is 9.75. The van der Waals surface area contributed by atoms with E-state index in [-0.39, 0.29) is 5.41 Å². The smallest absolute Gasteiger partial charge is 0.0689 e. The van der Waals surface area contributed by atoms with Gasteiger partial charge in [-0.15, -0.1) is 0 Å². The van der Waals surface area contributed by atoms with Crippen molar-refractivity contribution in [3.8, 4) is 6.07 Å². The van der Waals surface area contributed by atoms with Crippen LogP contribution < -0.4 is 0 Å². The average Bonchev–Trinajstić information content (AvgIpc) is 2.15. The van der Waals surface area contributed by atoms with Crippen LogP contribution in [0.25, 0.3) is 0 Å². The molecule has 1 nitrogen and oxygen atoms in total. The third kappa shape index (κ3) is 3.96. The highest BCUT2D eigenvalue weighted by Gasteiger charge is 2.28. The van der Waals surface area contributed by atoms with Crippen molar-refractivity contribution in [1.82, 2.24) is 0 Å². The maximum Gasteiger partial charge on any atom is 0.0689 e. The topological polar surface area (TPSA) is 23.8 Å². The van der Waals surface area contributed by atoms with Gasteiger partial charge in [-0.2, -0.15) is 5.26 Å². The summed E-state index contributed by atoms with van der Waals surface area (Å²) in [7, 11) is 0. The second-order valence-electron chi connectivity index (χ2n) is 4.64. The molecule has 0 saturated heterocycles. The summed E-state index contributed by atoms with van der Waals surface area (Å²) < 4.78 is 0. The van der Waals surface area contributed by atoms with E-state index >= 15 is 0 Å². The van der Waals surface area contributed by atoms with Crippen LogP contribution in [0.1, 0.15) is 53.9 Å². The van der Waals surface area contributed by atoms with Gasteiger partial charge in [0.05, 0.1) is 11.5 Å². The van der Waals surface area contributed by atoms with Crippen LogP contribution >= 0.6 is 0 Å². The summed E-state index contributed by atoms with van der Waals surface area (Å²) >= 11 is 0. The van der Waals surface area contributed by atoms with Crippen molar-refractivity contribution >= 4 is 0 Å². The Kier molecular flexibility index (Phi) is 5.53. The van der Waals surface area contributed by atoms with Gasteiger partial charge in [0.15, 0.2) is 0 Å². The zero-order valence-electron chi connectivity index (χ0n) is 10.2. The van der Waals surface area contributed by atoms with Crippen LogP contribution in [0.5, 0.6) is 0 Å². The van der Waals surface area contributed by atoms with Gasteiger partial charge in [-0.05, 0) is 46.0 Å². The third-order valence-corrected chi connectivity index (χ3v) is 3.23. The molecule has 0 aliphatic rings. The lowest BCUT2D eigenvalue weighted by Gasteiger charge is -2.27. The highest BCUT2D eigenvalue weighted by Crippen LogP contribution is 2.33. The van der Waals surface area contributed by atoms with E-state index in [1.54, 1.807) is 0 Å². The molecule has 14 heavy (non-hydrogen) atoms. The van der Waals surface area contributed by atoms with Crippen molar-refractivity contribution in [3.63, 3.8) is 0 Å². The Morgan fingerprint density at radius 2 is 2.07 bits per heavy atom. The minimum Gasteiger partial charge on any atom is -0.198 e. The fourth-order valence-electron chi connectivity index (χ4n) is 1.48. The molecule has 0 N–H and O–H groups in total. The number of hydrogen-bond donors (Lipinski definition) is 0. The summed E-state index contributed by atoms with van der Waals surface area (Å²) in [5.74, 6) is 0.480. The SMILES string of the molecule is CCC(C)(C#N)C(C)CCC=C(C)C. The number of nitriles is 1. The van der Waals surface area contributed by atoms with E-state index in [9.17, 15) is 0 Å². The third-order valence-electron chi connectivity index (χ3n) is 3.23. The summed E-state index contributed by atoms with van der Waals surface area (Å²) in [5, 5.41) is 9.10. The van der Waals surface area contributed by atoms with Gasteiger partial charge in [-0.1, -0.05) is 25.5 Å². The molecule has 1 heteroatoms. The molecule has 0 heterocycles. The lowest BCUT2D eigenvalue weighted by Crippen LogP contribution is -2.22. The Morgan fingerprint density at radius 3 is 2.43 bits per heavy atom. The number of nitrogens with zero attached hydrogens (tertiary/aromatic N) is 1. The van der Waals surface area contributed by atoms with Crippen LogP contribution in [-0.2, 0) is 0 Å². The predicted octanol–water partition coefficient (Wildman–Crippen LogP) is 4.31. The van der Waals surface area contributed by atoms with E-state index in [0.29, 0.717) is 5.92 Å². The van der Waals surface area contributed by atoms with Crippen LogP contribution in [0.15, 0.2) is 11.6 Å². The van der Waals surface area contributed by atoms with Crippen LogP contribution in [0.2, 0.25) is 0 Å². The number of hydrogen-bond acceptors (Lipinski definition) is 1. The van der Waals surface area contributed by atoms with Crippen molar-refractivity contribution in [3.05, 3.63) is 11.6 Å². The van der Waals surface area contributed by atoms with E-state index in [0.717, 1.165) is 19.3 Å². The van der Waals surface area contributed by atoms with E-state index in [2.05, 4.69) is 46.8 Å². The largest absolute Gasteiger partial charge is 0.198 e. The van der Waals surface area contributed by atoms with E-state index < -0.39 is 0 Å². The highest BCUT2D eigenvalue weighted by molar-refractivity contribution is 4.99. The van der Waals surface area contributed by atoms with Gasteiger partial charge in [0.25, 0.3) is 0 Å². The van der Waals surface area contributed by atoms with E-state index in [1.165, 1.54) is 5.57 Å². The van der Waals surface area contributed by atoms with Crippen molar-refractivity contribution < 1.29 is 0 Å². The molecule has 0 aromatic rings. The monoisotopic (exact) mass is 193 g/mol. The minimum absolute atomic E-state index is 0.143. The van der Waals surface area contributed by atoms with Gasteiger partial charge in [0.2, 0.25) is 0 Å². The maximum atomic E-state index is 9.10. The van der Waals surface area contributed by atoms with Gasteiger partial charge >= 0.3 is 0 Å². The number of allylic oxidation sites excluding steroid dienone is 2. The molecule has 0 rings (SSSR count). The van der Waals surface area contributed by atoms with Crippen molar-refractivity contribution in [2.45, 2.75) is 53.9 Å². The number of rotatable bonds is 5. The standard InChI is InChI=1S/C13H23N/c1-6-13(5,10-14)12(4)9-7-8-11(2)3/h8,12H,6-7,9H2,1-5H3. The summed E-state index contributed by atoms with van der Waals surface area (Å²) in [4.78, 5) is 0. The molecule has 0 aromatic heterocycles. The molecule has 0 aromatic carbocycles. The zero-order chi connectivity index (χ0) is 11.2. The molecule has 0 fully saturated rings. The molecular weight excluding hydrogens is 170 g/mol. The molecule has 0 radical (unpaired) electrons. The molecule has 0 bridgehead atoms. The van der Waals surface area contributed by atoms with Gasteiger partial charge in [0.1, 0.15) is 0 Å². The molecule has 0 spiro atoms. The first-order valence-electron chi connectivity index (χ1n) is 5.51. The van der Waals surface area contributed by atoms with E-state index in [4.69, 9.17) is 5.26 Å². The summed E-state index contributed by atoms with van der Waals surface area (Å²) in [6, 6.07) is 2.45. The van der Waals surface area contributed by atoms with Gasteiger partial charge in [-0.3, -0.25) is 0 Å². The molecule has 2 atom stereocenters. The highest BCUT2D eigenvalue weighted by atomic mass is 14.4. The van der Waals surface area contributed by atoms with Crippen molar-refractivity contribution in [2.24, 2.45) is 11.3 Å². The van der Waals surface area contributed by atoms with Crippen LogP contribution in [0.4, 0.5) is 0 Å². The molecule has 0 amide bonds. The predicted molar refractivity (Wildman–Crippen MR) is 61.8 cm³/mol. The Morgan fingerprint density at radius 1 is 1.50 bits per heavy atom. The second-order valence-corrected chi connectivity index (χ2v) is 4.64. The first kappa shape index (κ1) is 13.2. The minimum atomic E-state index is -0.143. The molecule has 0 aliphatic carbocycles. The molecule has 80 valence electrons. The second kappa shape index (κ2) is 5.86. The van der Waals surface area contributed by atoms with Crippen LogP contribution in [-0.4, -0.2) is 0 Å². The van der Waals surface area contributed by atoms with E-state index in [1.807, 2.05) is 0 Å². The Balaban J connectivity index is 4.14. The fraction of sp³-hybridized carbons (Fsp3) is 0.769. The normalized spacial score (nSPS) is 16.6. The summed E-state index contributed by atoms with van der Waals surface area (Å²) in [6.07, 6.45) is 5.41. The Bertz CT molecular complexity index is 230. The maximum absolute atomic E-state index is 9.10. The van der Waals surface area contributed by atoms with Gasteiger partial charge < -0.3 is 0 Å². The molecular formula is C13H23N.